The van der Waals surface area contributed by atoms with Gasteiger partial charge in [0.15, 0.2) is 0 Å². The first-order valence-electron chi connectivity index (χ1n) is 9.80. The largest absolute Gasteiger partial charge is 0.464 e. The van der Waals surface area contributed by atoms with Gasteiger partial charge in [0.2, 0.25) is 15.9 Å². The lowest BCUT2D eigenvalue weighted by Crippen LogP contribution is -2.35. The lowest BCUT2D eigenvalue weighted by molar-refractivity contribution is -0.115. The van der Waals surface area contributed by atoms with E-state index in [-0.39, 0.29) is 17.2 Å². The Morgan fingerprint density at radius 2 is 1.79 bits per heavy atom. The third-order valence-corrected chi connectivity index (χ3v) is 7.16. The number of benzene rings is 2. The highest BCUT2D eigenvalue weighted by Gasteiger charge is 2.25. The van der Waals surface area contributed by atoms with E-state index in [4.69, 9.17) is 4.42 Å². The molecule has 152 valence electrons. The number of aryl methyl sites for hydroxylation is 1. The zero-order chi connectivity index (χ0) is 20.4. The van der Waals surface area contributed by atoms with Gasteiger partial charge < -0.3 is 9.73 Å². The summed E-state index contributed by atoms with van der Waals surface area (Å²) in [6.45, 7) is 3.13. The zero-order valence-corrected chi connectivity index (χ0v) is 17.2. The molecule has 0 unspecified atom stereocenters. The Bertz CT molecular complexity index is 1130. The average molecular weight is 413 g/mol. The second-order valence-electron chi connectivity index (χ2n) is 7.47. The fourth-order valence-electron chi connectivity index (χ4n) is 3.68. The summed E-state index contributed by atoms with van der Waals surface area (Å²) in [5.41, 5.74) is 3.25. The van der Waals surface area contributed by atoms with Crippen molar-refractivity contribution in [2.45, 2.75) is 37.5 Å². The maximum absolute atomic E-state index is 12.7. The highest BCUT2D eigenvalue weighted by Crippen LogP contribution is 2.24. The molecule has 0 aliphatic carbocycles. The molecule has 1 N–H and O–H groups in total. The molecule has 1 saturated heterocycles. The first-order chi connectivity index (χ1) is 13.9. The van der Waals surface area contributed by atoms with E-state index in [1.807, 2.05) is 25.1 Å². The number of anilines is 1. The molecule has 6 nitrogen and oxygen atoms in total. The highest BCUT2D eigenvalue weighted by molar-refractivity contribution is 7.89. The minimum atomic E-state index is -3.47. The Labute approximate surface area is 170 Å². The first-order valence-corrected chi connectivity index (χ1v) is 11.2. The quantitative estimate of drug-likeness (QED) is 0.684. The van der Waals surface area contributed by atoms with Gasteiger partial charge >= 0.3 is 0 Å². The van der Waals surface area contributed by atoms with Gasteiger partial charge in [0.05, 0.1) is 17.6 Å². The van der Waals surface area contributed by atoms with E-state index in [1.54, 1.807) is 30.5 Å². The molecule has 29 heavy (non-hydrogen) atoms. The Balaban J connectivity index is 1.44. The summed E-state index contributed by atoms with van der Waals surface area (Å²) >= 11 is 0. The predicted molar refractivity (Wildman–Crippen MR) is 112 cm³/mol. The van der Waals surface area contributed by atoms with E-state index < -0.39 is 10.0 Å². The van der Waals surface area contributed by atoms with Crippen molar-refractivity contribution in [2.24, 2.45) is 0 Å². The van der Waals surface area contributed by atoms with Crippen molar-refractivity contribution >= 4 is 32.6 Å². The van der Waals surface area contributed by atoms with E-state index in [2.05, 4.69) is 5.32 Å². The summed E-state index contributed by atoms with van der Waals surface area (Å²) in [5.74, 6) is -0.180. The number of nitrogens with one attached hydrogen (secondary N) is 1. The van der Waals surface area contributed by atoms with E-state index in [1.165, 1.54) is 4.31 Å². The summed E-state index contributed by atoms with van der Waals surface area (Å²) in [4.78, 5) is 12.7. The number of carbonyl (C=O) groups is 1. The van der Waals surface area contributed by atoms with Crippen molar-refractivity contribution < 1.29 is 17.6 Å². The second-order valence-corrected chi connectivity index (χ2v) is 9.41. The fourth-order valence-corrected chi connectivity index (χ4v) is 5.19. The molecule has 4 rings (SSSR count). The summed E-state index contributed by atoms with van der Waals surface area (Å²) in [5, 5.41) is 3.76. The Morgan fingerprint density at radius 3 is 2.52 bits per heavy atom. The Morgan fingerprint density at radius 1 is 1.07 bits per heavy atom. The number of fused-ring (bicyclic) bond motifs is 1. The van der Waals surface area contributed by atoms with Crippen LogP contribution in [-0.4, -0.2) is 31.7 Å². The van der Waals surface area contributed by atoms with E-state index >= 15 is 0 Å². The number of piperidine rings is 1. The number of furan rings is 1. The van der Waals surface area contributed by atoms with Crippen molar-refractivity contribution in [2.75, 3.05) is 18.4 Å². The number of hydrogen-bond acceptors (Lipinski definition) is 4. The van der Waals surface area contributed by atoms with Crippen molar-refractivity contribution in [3.63, 3.8) is 0 Å². The van der Waals surface area contributed by atoms with Crippen LogP contribution in [0.3, 0.4) is 0 Å². The third kappa shape index (κ3) is 4.21. The molecular weight excluding hydrogens is 388 g/mol. The molecule has 0 saturated carbocycles. The number of amides is 1. The standard InChI is InChI=1S/C22H24N2O4S/c1-16-5-10-21-20(13-16)17(15-28-21)14-22(25)23-18-6-8-19(9-7-18)29(26,27)24-11-3-2-4-12-24/h5-10,13,15H,2-4,11-12,14H2,1H3,(H,23,25). The average Bonchev–Trinajstić information content (AvgIpc) is 3.11. The normalized spacial score (nSPS) is 15.5. The molecule has 2 aromatic carbocycles. The van der Waals surface area contributed by atoms with Gasteiger partial charge in [-0.3, -0.25) is 4.79 Å². The lowest BCUT2D eigenvalue weighted by atomic mass is 10.1. The van der Waals surface area contributed by atoms with Gasteiger partial charge in [-0.1, -0.05) is 18.1 Å². The molecule has 1 amide bonds. The van der Waals surface area contributed by atoms with Crippen molar-refractivity contribution in [1.29, 1.82) is 0 Å². The van der Waals surface area contributed by atoms with Crippen LogP contribution in [0.1, 0.15) is 30.4 Å². The minimum Gasteiger partial charge on any atom is -0.464 e. The molecule has 1 fully saturated rings. The SMILES string of the molecule is Cc1ccc2occ(CC(=O)Nc3ccc(S(=O)(=O)N4CCCCC4)cc3)c2c1. The van der Waals surface area contributed by atoms with E-state index in [0.717, 1.165) is 41.4 Å². The molecule has 0 spiro atoms. The Kier molecular flexibility index (Phi) is 5.43. The first kappa shape index (κ1) is 19.7. The minimum absolute atomic E-state index is 0.180. The van der Waals surface area contributed by atoms with Crippen LogP contribution in [0.25, 0.3) is 11.0 Å². The monoisotopic (exact) mass is 412 g/mol. The Hall–Kier alpha value is -2.64. The predicted octanol–water partition coefficient (Wildman–Crippen LogP) is 4.10. The molecule has 3 aromatic rings. The van der Waals surface area contributed by atoms with Gasteiger partial charge in [-0.05, 0) is 56.2 Å². The third-order valence-electron chi connectivity index (χ3n) is 5.25. The highest BCUT2D eigenvalue weighted by atomic mass is 32.2. The molecule has 1 aromatic heterocycles. The maximum Gasteiger partial charge on any atom is 0.243 e. The van der Waals surface area contributed by atoms with Crippen LogP contribution in [0, 0.1) is 6.92 Å². The lowest BCUT2D eigenvalue weighted by Gasteiger charge is -2.25. The summed E-state index contributed by atoms with van der Waals surface area (Å²) in [6.07, 6.45) is 4.66. The molecular formula is C22H24N2O4S. The zero-order valence-electron chi connectivity index (χ0n) is 16.3. The number of carbonyl (C=O) groups excluding carboxylic acids is 1. The van der Waals surface area contributed by atoms with Gasteiger partial charge in [0.25, 0.3) is 0 Å². The van der Waals surface area contributed by atoms with Crippen LogP contribution in [0.2, 0.25) is 0 Å². The number of rotatable bonds is 5. The van der Waals surface area contributed by atoms with Crippen LogP contribution < -0.4 is 5.32 Å². The molecule has 7 heteroatoms. The van der Waals surface area contributed by atoms with Crippen LogP contribution >= 0.6 is 0 Å². The van der Waals surface area contributed by atoms with Crippen LogP contribution in [0.5, 0.6) is 0 Å². The molecule has 2 heterocycles. The van der Waals surface area contributed by atoms with Crippen molar-refractivity contribution in [3.05, 3.63) is 59.9 Å². The molecule has 1 aliphatic rings. The van der Waals surface area contributed by atoms with Gasteiger partial charge in [-0.2, -0.15) is 4.31 Å². The topological polar surface area (TPSA) is 79.6 Å². The van der Waals surface area contributed by atoms with Crippen LogP contribution in [0.4, 0.5) is 5.69 Å². The van der Waals surface area contributed by atoms with E-state index in [0.29, 0.717) is 18.8 Å². The molecule has 0 atom stereocenters. The second kappa shape index (κ2) is 8.00. The summed E-state index contributed by atoms with van der Waals surface area (Å²) in [7, 11) is -3.47. The van der Waals surface area contributed by atoms with Gasteiger partial charge in [-0.25, -0.2) is 8.42 Å². The number of nitrogens with zero attached hydrogens (tertiary/aromatic N) is 1. The van der Waals surface area contributed by atoms with Crippen LogP contribution in [0.15, 0.2) is 58.0 Å². The fraction of sp³-hybridized carbons (Fsp3) is 0.318. The van der Waals surface area contributed by atoms with Gasteiger partial charge in [-0.15, -0.1) is 0 Å². The smallest absolute Gasteiger partial charge is 0.243 e. The van der Waals surface area contributed by atoms with Gasteiger partial charge in [0, 0.05) is 29.7 Å². The van der Waals surface area contributed by atoms with Crippen molar-refractivity contribution in [3.8, 4) is 0 Å². The summed E-state index contributed by atoms with van der Waals surface area (Å²) < 4.78 is 32.5. The van der Waals surface area contributed by atoms with Crippen LogP contribution in [-0.2, 0) is 21.2 Å². The number of hydrogen-bond donors (Lipinski definition) is 1. The van der Waals surface area contributed by atoms with Gasteiger partial charge in [0.1, 0.15) is 5.58 Å². The molecule has 0 radical (unpaired) electrons. The molecule has 0 bridgehead atoms. The number of sulfonamides is 1. The van der Waals surface area contributed by atoms with Crippen molar-refractivity contribution in [1.82, 2.24) is 4.31 Å². The summed E-state index contributed by atoms with van der Waals surface area (Å²) in [6, 6.07) is 12.2. The maximum atomic E-state index is 12.7. The van der Waals surface area contributed by atoms with E-state index in [9.17, 15) is 13.2 Å². The molecule has 1 aliphatic heterocycles.